The molecule has 2 saturated heterocycles. The lowest BCUT2D eigenvalue weighted by Crippen LogP contribution is -2.50. The van der Waals surface area contributed by atoms with Crippen LogP contribution in [-0.4, -0.2) is 45.5 Å². The van der Waals surface area contributed by atoms with E-state index >= 15 is 0 Å². The van der Waals surface area contributed by atoms with Gasteiger partial charge < -0.3 is 9.47 Å². The predicted molar refractivity (Wildman–Crippen MR) is 112 cm³/mol. The molecule has 3 heterocycles. The minimum atomic E-state index is 0.207. The van der Waals surface area contributed by atoms with Crippen LogP contribution >= 0.6 is 0 Å². The molecule has 4 unspecified atom stereocenters. The van der Waals surface area contributed by atoms with E-state index in [4.69, 9.17) is 4.98 Å². The number of piperidine rings is 1. The lowest BCUT2D eigenvalue weighted by atomic mass is 9.82. The number of nitrogens with one attached hydrogen (secondary N) is 2. The largest absolute Gasteiger partial charge is 0.341 e. The van der Waals surface area contributed by atoms with Gasteiger partial charge in [-0.1, -0.05) is 46.2 Å². The average Bonchev–Trinajstić information content (AvgIpc) is 3.29. The highest BCUT2D eigenvalue weighted by atomic mass is 16.2. The number of para-hydroxylation sites is 2. The Morgan fingerprint density at radius 3 is 2.79 bits per heavy atom. The second-order valence-corrected chi connectivity index (χ2v) is 8.80. The number of fused-ring (bicyclic) bond motifs is 2. The summed E-state index contributed by atoms with van der Waals surface area (Å²) in [6.07, 6.45) is 2.16. The van der Waals surface area contributed by atoms with E-state index in [1.54, 1.807) is 0 Å². The number of likely N-dealkylation sites (tertiary alicyclic amines) is 1. The fraction of sp³-hybridized carbons (Fsp3) is 0.636. The summed E-state index contributed by atoms with van der Waals surface area (Å²) in [6, 6.07) is 9.03. The van der Waals surface area contributed by atoms with Crippen molar-refractivity contribution in [1.29, 1.82) is 0 Å². The molecule has 2 aliphatic heterocycles. The molecule has 2 fully saturated rings. The molecule has 2 N–H and O–H groups in total. The topological polar surface area (TPSA) is 62.2 Å². The van der Waals surface area contributed by atoms with E-state index < -0.39 is 0 Å². The summed E-state index contributed by atoms with van der Waals surface area (Å²) in [7, 11) is 0. The molecule has 4 atom stereocenters. The molecule has 152 valence electrons. The smallest absolute Gasteiger partial charge is 0.242 e. The van der Waals surface area contributed by atoms with E-state index in [2.05, 4.69) is 54.1 Å². The summed E-state index contributed by atoms with van der Waals surface area (Å²) in [6.45, 7) is 10.9. The molecule has 0 radical (unpaired) electrons. The maximum Gasteiger partial charge on any atom is 0.242 e. The molecule has 0 spiro atoms. The summed E-state index contributed by atoms with van der Waals surface area (Å²) >= 11 is 0. The summed E-state index contributed by atoms with van der Waals surface area (Å²) in [5.74, 6) is 2.56. The molecule has 6 nitrogen and oxygen atoms in total. The maximum absolute atomic E-state index is 13.3. The first kappa shape index (κ1) is 19.4. The molecule has 1 amide bonds. The van der Waals surface area contributed by atoms with E-state index in [-0.39, 0.29) is 11.8 Å². The zero-order valence-corrected chi connectivity index (χ0v) is 17.5. The number of amides is 1. The first-order valence-electron chi connectivity index (χ1n) is 10.7. The monoisotopic (exact) mass is 383 g/mol. The Morgan fingerprint density at radius 1 is 1.25 bits per heavy atom. The minimum Gasteiger partial charge on any atom is -0.341 e. The maximum atomic E-state index is 13.3. The molecule has 1 aromatic carbocycles. The van der Waals surface area contributed by atoms with Gasteiger partial charge in [0, 0.05) is 37.0 Å². The zero-order valence-electron chi connectivity index (χ0n) is 17.5. The van der Waals surface area contributed by atoms with Crippen LogP contribution in [0, 0.1) is 11.8 Å². The van der Waals surface area contributed by atoms with Gasteiger partial charge in [-0.15, -0.1) is 0 Å². The van der Waals surface area contributed by atoms with Crippen LogP contribution in [0.15, 0.2) is 24.3 Å². The summed E-state index contributed by atoms with van der Waals surface area (Å²) < 4.78 is 2.12. The van der Waals surface area contributed by atoms with Crippen molar-refractivity contribution in [2.24, 2.45) is 11.8 Å². The van der Waals surface area contributed by atoms with Crippen molar-refractivity contribution in [3.05, 3.63) is 30.1 Å². The molecule has 2 aliphatic rings. The lowest BCUT2D eigenvalue weighted by Gasteiger charge is -2.37. The van der Waals surface area contributed by atoms with Crippen LogP contribution in [0.2, 0.25) is 0 Å². The van der Waals surface area contributed by atoms with Gasteiger partial charge in [-0.3, -0.25) is 15.6 Å². The van der Waals surface area contributed by atoms with Gasteiger partial charge >= 0.3 is 0 Å². The number of rotatable bonds is 5. The van der Waals surface area contributed by atoms with Gasteiger partial charge in [0.15, 0.2) is 0 Å². The van der Waals surface area contributed by atoms with Gasteiger partial charge in [0.2, 0.25) is 5.91 Å². The number of carbonyl (C=O) groups excluding carboxylic acids is 1. The number of hydrogen-bond acceptors (Lipinski definition) is 4. The van der Waals surface area contributed by atoms with Crippen molar-refractivity contribution in [3.63, 3.8) is 0 Å². The van der Waals surface area contributed by atoms with Gasteiger partial charge in [-0.25, -0.2) is 4.98 Å². The van der Waals surface area contributed by atoms with Crippen LogP contribution in [0.1, 0.15) is 52.3 Å². The fourth-order valence-corrected chi connectivity index (χ4v) is 4.82. The van der Waals surface area contributed by atoms with E-state index in [9.17, 15) is 4.79 Å². The Balaban J connectivity index is 1.53. The zero-order chi connectivity index (χ0) is 19.8. The van der Waals surface area contributed by atoms with Gasteiger partial charge in [-0.2, -0.15) is 0 Å². The molecule has 0 aliphatic carbocycles. The van der Waals surface area contributed by atoms with Crippen molar-refractivity contribution in [2.45, 2.75) is 65.1 Å². The third-order valence-corrected chi connectivity index (χ3v) is 6.66. The van der Waals surface area contributed by atoms with Crippen LogP contribution < -0.4 is 10.9 Å². The second-order valence-electron chi connectivity index (χ2n) is 8.80. The standard InChI is InChI=1S/C22H33N5O/c1-5-15(4)21-16-12-26(11-10-17(16)24-25-21)20(28)13-27-19-9-7-6-8-18(19)23-22(27)14(2)3/h6-9,14-17,21,24-25H,5,10-13H2,1-4H3. The Kier molecular flexibility index (Phi) is 5.43. The fourth-order valence-electron chi connectivity index (χ4n) is 4.82. The SMILES string of the molecule is CCC(C)C1NNC2CCN(C(=O)Cn3c(C(C)C)nc4ccccc43)CC21. The Bertz CT molecular complexity index is 845. The van der Waals surface area contributed by atoms with Gasteiger partial charge in [-0.05, 0) is 24.5 Å². The molecule has 2 aromatic rings. The number of nitrogens with zero attached hydrogens (tertiary/aromatic N) is 3. The molecule has 0 bridgehead atoms. The van der Waals surface area contributed by atoms with Gasteiger partial charge in [0.1, 0.15) is 12.4 Å². The Labute approximate surface area is 167 Å². The van der Waals surface area contributed by atoms with Gasteiger partial charge in [0.05, 0.1) is 11.0 Å². The molecule has 1 aromatic heterocycles. The number of carbonyl (C=O) groups is 1. The highest BCUT2D eigenvalue weighted by Gasteiger charge is 2.42. The summed E-state index contributed by atoms with van der Waals surface area (Å²) in [5.41, 5.74) is 9.00. The first-order valence-corrected chi connectivity index (χ1v) is 10.7. The molecule has 6 heteroatoms. The van der Waals surface area contributed by atoms with Crippen LogP contribution in [0.25, 0.3) is 11.0 Å². The van der Waals surface area contributed by atoms with E-state index in [0.717, 1.165) is 42.8 Å². The highest BCUT2D eigenvalue weighted by Crippen LogP contribution is 2.30. The van der Waals surface area contributed by atoms with E-state index in [1.165, 1.54) is 0 Å². The molecular weight excluding hydrogens is 350 g/mol. The summed E-state index contributed by atoms with van der Waals surface area (Å²) in [5, 5.41) is 0. The first-order chi connectivity index (χ1) is 13.5. The number of hydrazine groups is 1. The quantitative estimate of drug-likeness (QED) is 0.833. The number of imidazole rings is 1. The van der Waals surface area contributed by atoms with Crippen molar-refractivity contribution in [1.82, 2.24) is 25.3 Å². The normalized spacial score (nSPS) is 26.0. The van der Waals surface area contributed by atoms with E-state index in [0.29, 0.717) is 30.5 Å². The average molecular weight is 384 g/mol. The van der Waals surface area contributed by atoms with Crippen LogP contribution in [0.3, 0.4) is 0 Å². The highest BCUT2D eigenvalue weighted by molar-refractivity contribution is 5.81. The molecule has 0 saturated carbocycles. The van der Waals surface area contributed by atoms with Crippen LogP contribution in [0.4, 0.5) is 0 Å². The van der Waals surface area contributed by atoms with Crippen LogP contribution in [-0.2, 0) is 11.3 Å². The third kappa shape index (κ3) is 3.44. The predicted octanol–water partition coefficient (Wildman–Crippen LogP) is 2.90. The van der Waals surface area contributed by atoms with Crippen molar-refractivity contribution >= 4 is 16.9 Å². The third-order valence-electron chi connectivity index (χ3n) is 6.66. The van der Waals surface area contributed by atoms with Crippen molar-refractivity contribution < 1.29 is 4.79 Å². The number of benzene rings is 1. The van der Waals surface area contributed by atoms with Crippen molar-refractivity contribution in [3.8, 4) is 0 Å². The van der Waals surface area contributed by atoms with E-state index in [1.807, 2.05) is 18.2 Å². The number of hydrogen-bond donors (Lipinski definition) is 2. The summed E-state index contributed by atoms with van der Waals surface area (Å²) in [4.78, 5) is 20.1. The Hall–Kier alpha value is -1.92. The number of aromatic nitrogens is 2. The van der Waals surface area contributed by atoms with Crippen molar-refractivity contribution in [2.75, 3.05) is 13.1 Å². The van der Waals surface area contributed by atoms with Crippen LogP contribution in [0.5, 0.6) is 0 Å². The lowest BCUT2D eigenvalue weighted by molar-refractivity contribution is -0.133. The van der Waals surface area contributed by atoms with Gasteiger partial charge in [0.25, 0.3) is 0 Å². The molecule has 28 heavy (non-hydrogen) atoms. The Morgan fingerprint density at radius 2 is 2.04 bits per heavy atom. The second kappa shape index (κ2) is 7.84. The molecular formula is C22H33N5O. The molecule has 4 rings (SSSR count). The minimum absolute atomic E-state index is 0.207.